The summed E-state index contributed by atoms with van der Waals surface area (Å²) in [5.41, 5.74) is 1.39. The lowest BCUT2D eigenvalue weighted by molar-refractivity contribution is 0.0785. The van der Waals surface area contributed by atoms with Gasteiger partial charge in [0.1, 0.15) is 0 Å². The fourth-order valence-electron chi connectivity index (χ4n) is 2.05. The molecule has 5 nitrogen and oxygen atoms in total. The second-order valence-corrected chi connectivity index (χ2v) is 7.34. The SMILES string of the molecule is CNS(=O)(=O)c1ccc(C(=O)N(C)Cc2ccc(Cl)cc2)cc1. The van der Waals surface area contributed by atoms with Gasteiger partial charge in [0.05, 0.1) is 4.90 Å². The van der Waals surface area contributed by atoms with Crippen molar-refractivity contribution in [1.29, 1.82) is 0 Å². The van der Waals surface area contributed by atoms with Crippen LogP contribution >= 0.6 is 11.6 Å². The molecule has 0 saturated heterocycles. The van der Waals surface area contributed by atoms with Gasteiger partial charge in [-0.25, -0.2) is 13.1 Å². The van der Waals surface area contributed by atoms with Crippen LogP contribution in [0, 0.1) is 0 Å². The number of benzene rings is 2. The van der Waals surface area contributed by atoms with Crippen molar-refractivity contribution in [2.24, 2.45) is 0 Å². The van der Waals surface area contributed by atoms with Gasteiger partial charge in [-0.3, -0.25) is 4.79 Å². The van der Waals surface area contributed by atoms with E-state index in [0.717, 1.165) is 5.56 Å². The first-order valence-electron chi connectivity index (χ1n) is 6.87. The van der Waals surface area contributed by atoms with E-state index in [0.29, 0.717) is 17.1 Å². The highest BCUT2D eigenvalue weighted by Crippen LogP contribution is 2.14. The van der Waals surface area contributed by atoms with Crippen LogP contribution in [-0.4, -0.2) is 33.3 Å². The molecular formula is C16H17ClN2O3S. The maximum absolute atomic E-state index is 12.4. The second kappa shape index (κ2) is 7.12. The smallest absolute Gasteiger partial charge is 0.253 e. The largest absolute Gasteiger partial charge is 0.337 e. The van der Waals surface area contributed by atoms with Crippen molar-refractivity contribution in [3.8, 4) is 0 Å². The molecule has 122 valence electrons. The highest BCUT2D eigenvalue weighted by molar-refractivity contribution is 7.89. The highest BCUT2D eigenvalue weighted by Gasteiger charge is 2.15. The summed E-state index contributed by atoms with van der Waals surface area (Å²) >= 11 is 5.84. The van der Waals surface area contributed by atoms with Crippen molar-refractivity contribution >= 4 is 27.5 Å². The van der Waals surface area contributed by atoms with Gasteiger partial charge in [-0.15, -0.1) is 0 Å². The third kappa shape index (κ3) is 4.31. The number of hydrogen-bond donors (Lipinski definition) is 1. The fraction of sp³-hybridized carbons (Fsp3) is 0.188. The van der Waals surface area contributed by atoms with E-state index in [-0.39, 0.29) is 10.8 Å². The number of nitrogens with one attached hydrogen (secondary N) is 1. The Morgan fingerprint density at radius 2 is 1.65 bits per heavy atom. The number of carbonyl (C=O) groups is 1. The Bertz CT molecular complexity index is 787. The van der Waals surface area contributed by atoms with Crippen LogP contribution < -0.4 is 4.72 Å². The van der Waals surface area contributed by atoms with Crippen molar-refractivity contribution < 1.29 is 13.2 Å². The van der Waals surface area contributed by atoms with Gasteiger partial charge < -0.3 is 4.90 Å². The molecule has 0 heterocycles. The minimum atomic E-state index is -3.50. The third-order valence-electron chi connectivity index (χ3n) is 3.36. The minimum Gasteiger partial charge on any atom is -0.337 e. The van der Waals surface area contributed by atoms with Gasteiger partial charge in [0.2, 0.25) is 10.0 Å². The number of sulfonamides is 1. The first-order chi connectivity index (χ1) is 10.8. The molecule has 0 aliphatic rings. The van der Waals surface area contributed by atoms with Gasteiger partial charge in [-0.1, -0.05) is 23.7 Å². The topological polar surface area (TPSA) is 66.5 Å². The Hall–Kier alpha value is -1.89. The zero-order valence-electron chi connectivity index (χ0n) is 12.8. The number of amides is 1. The zero-order valence-corrected chi connectivity index (χ0v) is 14.4. The quantitative estimate of drug-likeness (QED) is 0.899. The van der Waals surface area contributed by atoms with E-state index in [4.69, 9.17) is 11.6 Å². The van der Waals surface area contributed by atoms with Gasteiger partial charge in [-0.2, -0.15) is 0 Å². The monoisotopic (exact) mass is 352 g/mol. The van der Waals surface area contributed by atoms with Crippen LogP contribution in [-0.2, 0) is 16.6 Å². The van der Waals surface area contributed by atoms with Crippen LogP contribution in [0.1, 0.15) is 15.9 Å². The van der Waals surface area contributed by atoms with Gasteiger partial charge in [-0.05, 0) is 49.0 Å². The molecule has 7 heteroatoms. The molecule has 1 amide bonds. The standard InChI is InChI=1S/C16H17ClN2O3S/c1-18-23(21,22)15-9-5-13(6-10-15)16(20)19(2)11-12-3-7-14(17)8-4-12/h3-10,18H,11H2,1-2H3. The molecule has 0 aromatic heterocycles. The molecule has 2 aromatic carbocycles. The molecule has 0 aliphatic carbocycles. The zero-order chi connectivity index (χ0) is 17.0. The summed E-state index contributed by atoms with van der Waals surface area (Å²) in [5.74, 6) is -0.187. The van der Waals surface area contributed by atoms with Crippen molar-refractivity contribution in [3.63, 3.8) is 0 Å². The fourth-order valence-corrected chi connectivity index (χ4v) is 2.91. The minimum absolute atomic E-state index is 0.122. The van der Waals surface area contributed by atoms with Crippen LogP contribution in [0.2, 0.25) is 5.02 Å². The highest BCUT2D eigenvalue weighted by atomic mass is 35.5. The van der Waals surface area contributed by atoms with E-state index in [1.165, 1.54) is 31.3 Å². The van der Waals surface area contributed by atoms with E-state index in [1.54, 1.807) is 24.1 Å². The molecule has 23 heavy (non-hydrogen) atoms. The summed E-state index contributed by atoms with van der Waals surface area (Å²) in [6.45, 7) is 0.437. The summed E-state index contributed by atoms with van der Waals surface area (Å²) in [6.07, 6.45) is 0. The van der Waals surface area contributed by atoms with Gasteiger partial charge in [0, 0.05) is 24.2 Å². The number of nitrogens with zero attached hydrogens (tertiary/aromatic N) is 1. The number of carbonyl (C=O) groups excluding carboxylic acids is 1. The third-order valence-corrected chi connectivity index (χ3v) is 5.04. The molecule has 0 spiro atoms. The molecule has 0 bridgehead atoms. The van der Waals surface area contributed by atoms with Crippen molar-refractivity contribution in [1.82, 2.24) is 9.62 Å². The van der Waals surface area contributed by atoms with Gasteiger partial charge in [0.15, 0.2) is 0 Å². The lowest BCUT2D eigenvalue weighted by Crippen LogP contribution is -2.26. The Morgan fingerprint density at radius 3 is 2.17 bits per heavy atom. The average molecular weight is 353 g/mol. The summed E-state index contributed by atoms with van der Waals surface area (Å²) < 4.78 is 25.6. The van der Waals surface area contributed by atoms with Crippen LogP contribution in [0.3, 0.4) is 0 Å². The van der Waals surface area contributed by atoms with Gasteiger partial charge >= 0.3 is 0 Å². The number of hydrogen-bond acceptors (Lipinski definition) is 3. The van der Waals surface area contributed by atoms with Crippen LogP contribution in [0.5, 0.6) is 0 Å². The van der Waals surface area contributed by atoms with E-state index in [1.807, 2.05) is 12.1 Å². The normalized spacial score (nSPS) is 11.3. The maximum atomic E-state index is 12.4. The summed E-state index contributed by atoms with van der Waals surface area (Å²) in [5, 5.41) is 0.643. The first kappa shape index (κ1) is 17.5. The molecule has 0 atom stereocenters. The van der Waals surface area contributed by atoms with Gasteiger partial charge in [0.25, 0.3) is 5.91 Å². The molecule has 0 fully saturated rings. The van der Waals surface area contributed by atoms with E-state index in [2.05, 4.69) is 4.72 Å². The second-order valence-electron chi connectivity index (χ2n) is 5.02. The lowest BCUT2D eigenvalue weighted by atomic mass is 10.1. The molecule has 2 aromatic rings. The van der Waals surface area contributed by atoms with Crippen LogP contribution in [0.4, 0.5) is 0 Å². The molecule has 0 aliphatic heterocycles. The molecule has 0 radical (unpaired) electrons. The first-order valence-corrected chi connectivity index (χ1v) is 8.73. The predicted molar refractivity (Wildman–Crippen MR) is 89.9 cm³/mol. The molecule has 0 saturated carbocycles. The van der Waals surface area contributed by atoms with Crippen molar-refractivity contribution in [3.05, 3.63) is 64.7 Å². The Kier molecular flexibility index (Phi) is 5.41. The Morgan fingerprint density at radius 1 is 1.09 bits per heavy atom. The van der Waals surface area contributed by atoms with E-state index in [9.17, 15) is 13.2 Å². The maximum Gasteiger partial charge on any atom is 0.253 e. The Balaban J connectivity index is 2.12. The summed E-state index contributed by atoms with van der Waals surface area (Å²) in [7, 11) is -0.470. The molecule has 2 rings (SSSR count). The molecule has 0 unspecified atom stereocenters. The molecular weight excluding hydrogens is 336 g/mol. The van der Waals surface area contributed by atoms with Crippen molar-refractivity contribution in [2.75, 3.05) is 14.1 Å². The molecule has 1 N–H and O–H groups in total. The number of halogens is 1. The number of rotatable bonds is 5. The average Bonchev–Trinajstić information content (AvgIpc) is 2.56. The van der Waals surface area contributed by atoms with Crippen LogP contribution in [0.15, 0.2) is 53.4 Å². The van der Waals surface area contributed by atoms with E-state index < -0.39 is 10.0 Å². The van der Waals surface area contributed by atoms with Crippen molar-refractivity contribution in [2.45, 2.75) is 11.4 Å². The predicted octanol–water partition coefficient (Wildman–Crippen LogP) is 2.52. The summed E-state index contributed by atoms with van der Waals surface area (Å²) in [4.78, 5) is 14.1. The lowest BCUT2D eigenvalue weighted by Gasteiger charge is -2.17. The Labute approximate surface area is 140 Å². The van der Waals surface area contributed by atoms with E-state index >= 15 is 0 Å². The van der Waals surface area contributed by atoms with Crippen LogP contribution in [0.25, 0.3) is 0 Å². The summed E-state index contributed by atoms with van der Waals surface area (Å²) in [6, 6.07) is 13.1.